The number of hydrogen-bond donors (Lipinski definition) is 0. The van der Waals surface area contributed by atoms with Crippen molar-refractivity contribution >= 4 is 5.69 Å². The van der Waals surface area contributed by atoms with Gasteiger partial charge in [0.25, 0.3) is 0 Å². The second-order valence-corrected chi connectivity index (χ2v) is 4.90. The maximum atomic E-state index is 9.05. The highest BCUT2D eigenvalue weighted by molar-refractivity contribution is 5.62. The summed E-state index contributed by atoms with van der Waals surface area (Å²) in [7, 11) is 2.01. The van der Waals surface area contributed by atoms with Crippen LogP contribution < -0.4 is 9.64 Å². The van der Waals surface area contributed by atoms with Gasteiger partial charge in [0.15, 0.2) is 0 Å². The molecule has 0 saturated heterocycles. The van der Waals surface area contributed by atoms with E-state index in [4.69, 9.17) is 10.00 Å². The van der Waals surface area contributed by atoms with Crippen molar-refractivity contribution < 1.29 is 4.74 Å². The van der Waals surface area contributed by atoms with Crippen molar-refractivity contribution in [3.8, 4) is 11.8 Å². The summed E-state index contributed by atoms with van der Waals surface area (Å²) in [6.07, 6.45) is -0.391. The van der Waals surface area contributed by atoms with E-state index in [1.807, 2.05) is 20.0 Å². The lowest BCUT2D eigenvalue weighted by Gasteiger charge is -2.37. The van der Waals surface area contributed by atoms with Crippen LogP contribution in [0, 0.1) is 11.3 Å². The lowest BCUT2D eigenvalue weighted by atomic mass is 10.00. The number of benzene rings is 1. The van der Waals surface area contributed by atoms with Crippen LogP contribution in [0.5, 0.6) is 5.75 Å². The van der Waals surface area contributed by atoms with Crippen LogP contribution in [-0.4, -0.2) is 19.2 Å². The van der Waals surface area contributed by atoms with E-state index in [1.165, 1.54) is 5.56 Å². The van der Waals surface area contributed by atoms with Gasteiger partial charge in [-0.25, -0.2) is 0 Å². The zero-order valence-corrected chi connectivity index (χ0v) is 10.8. The average Bonchev–Trinajstić information content (AvgIpc) is 2.33. The molecule has 0 amide bonds. The lowest BCUT2D eigenvalue weighted by molar-refractivity contribution is 0.212. The Morgan fingerprint density at radius 2 is 2.12 bits per heavy atom. The number of hydrogen-bond acceptors (Lipinski definition) is 3. The van der Waals surface area contributed by atoms with E-state index in [0.29, 0.717) is 5.92 Å². The Hall–Kier alpha value is -1.69. The van der Waals surface area contributed by atoms with Gasteiger partial charge in [0.2, 0.25) is 6.10 Å². The van der Waals surface area contributed by atoms with Crippen molar-refractivity contribution in [2.75, 3.05) is 11.9 Å². The van der Waals surface area contributed by atoms with Gasteiger partial charge >= 0.3 is 0 Å². The smallest absolute Gasteiger partial charge is 0.204 e. The molecule has 0 aromatic heterocycles. The lowest BCUT2D eigenvalue weighted by Crippen LogP contribution is -2.45. The highest BCUT2D eigenvalue weighted by Crippen LogP contribution is 2.37. The number of fused-ring (bicyclic) bond motifs is 1. The molecule has 0 radical (unpaired) electrons. The maximum Gasteiger partial charge on any atom is 0.204 e. The Bertz CT molecular complexity index is 462. The molecule has 1 heterocycles. The molecule has 90 valence electrons. The number of rotatable bonds is 1. The monoisotopic (exact) mass is 230 g/mol. The molecule has 1 aliphatic heterocycles. The van der Waals surface area contributed by atoms with E-state index < -0.39 is 6.10 Å². The Labute approximate surface area is 103 Å². The van der Waals surface area contributed by atoms with Crippen LogP contribution in [0.2, 0.25) is 0 Å². The number of nitriles is 1. The molecule has 0 fully saturated rings. The predicted octanol–water partition coefficient (Wildman–Crippen LogP) is 2.92. The zero-order valence-electron chi connectivity index (χ0n) is 10.8. The summed E-state index contributed by atoms with van der Waals surface area (Å²) in [6.45, 7) is 6.36. The summed E-state index contributed by atoms with van der Waals surface area (Å²) in [5.41, 5.74) is 2.37. The van der Waals surface area contributed by atoms with Crippen LogP contribution in [0.15, 0.2) is 18.2 Å². The molecule has 1 aromatic carbocycles. The summed E-state index contributed by atoms with van der Waals surface area (Å²) in [5, 5.41) is 9.05. The van der Waals surface area contributed by atoms with Gasteiger partial charge in [-0.05, 0) is 30.5 Å². The minimum Gasteiger partial charge on any atom is -0.471 e. The molecular formula is C14H18N2O. The quantitative estimate of drug-likeness (QED) is 0.744. The van der Waals surface area contributed by atoms with Crippen LogP contribution >= 0.6 is 0 Å². The van der Waals surface area contributed by atoms with Crippen molar-refractivity contribution in [2.24, 2.45) is 0 Å². The fourth-order valence-corrected chi connectivity index (χ4v) is 2.06. The fourth-order valence-electron chi connectivity index (χ4n) is 2.06. The van der Waals surface area contributed by atoms with Gasteiger partial charge in [0.05, 0.1) is 11.7 Å². The summed E-state index contributed by atoms with van der Waals surface area (Å²) in [5.74, 6) is 1.30. The first-order valence-electron chi connectivity index (χ1n) is 5.97. The minimum absolute atomic E-state index is 0.0786. The van der Waals surface area contributed by atoms with E-state index in [0.717, 1.165) is 11.4 Å². The number of nitrogens with zero attached hydrogens (tertiary/aromatic N) is 2. The van der Waals surface area contributed by atoms with E-state index in [-0.39, 0.29) is 6.04 Å². The third-order valence-electron chi connectivity index (χ3n) is 3.46. The summed E-state index contributed by atoms with van der Waals surface area (Å²) >= 11 is 0. The molecule has 0 N–H and O–H groups in total. The number of likely N-dealkylation sites (N-methyl/N-ethyl adjacent to an activating group) is 1. The molecule has 2 atom stereocenters. The predicted molar refractivity (Wildman–Crippen MR) is 68.4 cm³/mol. The largest absolute Gasteiger partial charge is 0.471 e. The van der Waals surface area contributed by atoms with Crippen molar-refractivity contribution in [2.45, 2.75) is 38.8 Å². The summed E-state index contributed by atoms with van der Waals surface area (Å²) in [6, 6.07) is 8.47. The molecule has 2 unspecified atom stereocenters. The molecule has 3 nitrogen and oxygen atoms in total. The molecule has 17 heavy (non-hydrogen) atoms. The van der Waals surface area contributed by atoms with Gasteiger partial charge in [0, 0.05) is 7.05 Å². The molecule has 2 rings (SSSR count). The Kier molecular flexibility index (Phi) is 2.97. The normalized spacial score (nSPS) is 22.9. The van der Waals surface area contributed by atoms with Gasteiger partial charge in [-0.3, -0.25) is 0 Å². The second-order valence-electron chi connectivity index (χ2n) is 4.90. The molecule has 1 aliphatic rings. The highest BCUT2D eigenvalue weighted by Gasteiger charge is 2.30. The Morgan fingerprint density at radius 1 is 1.41 bits per heavy atom. The molecule has 0 aliphatic carbocycles. The summed E-state index contributed by atoms with van der Waals surface area (Å²) in [4.78, 5) is 2.12. The van der Waals surface area contributed by atoms with Gasteiger partial charge < -0.3 is 9.64 Å². The third kappa shape index (κ3) is 1.95. The van der Waals surface area contributed by atoms with Crippen molar-refractivity contribution in [1.29, 1.82) is 5.26 Å². The van der Waals surface area contributed by atoms with Crippen LogP contribution in [0.4, 0.5) is 5.69 Å². The van der Waals surface area contributed by atoms with Gasteiger partial charge in [-0.1, -0.05) is 19.9 Å². The molecule has 1 aromatic rings. The fraction of sp³-hybridized carbons (Fsp3) is 0.500. The van der Waals surface area contributed by atoms with Crippen molar-refractivity contribution in [3.05, 3.63) is 23.8 Å². The van der Waals surface area contributed by atoms with Crippen LogP contribution in [0.1, 0.15) is 32.3 Å². The molecule has 0 spiro atoms. The number of anilines is 1. The SMILES string of the molecule is CC(C)c1ccc2c(c1)N(C)C(C)C(C#N)O2. The van der Waals surface area contributed by atoms with Crippen LogP contribution in [-0.2, 0) is 0 Å². The Morgan fingerprint density at radius 3 is 2.71 bits per heavy atom. The first-order chi connectivity index (χ1) is 8.04. The van der Waals surface area contributed by atoms with E-state index >= 15 is 0 Å². The van der Waals surface area contributed by atoms with E-state index in [2.05, 4.69) is 36.9 Å². The average molecular weight is 230 g/mol. The first kappa shape index (κ1) is 11.8. The molecule has 0 saturated carbocycles. The maximum absolute atomic E-state index is 9.05. The zero-order chi connectivity index (χ0) is 12.6. The van der Waals surface area contributed by atoms with Crippen molar-refractivity contribution in [1.82, 2.24) is 0 Å². The third-order valence-corrected chi connectivity index (χ3v) is 3.46. The first-order valence-corrected chi connectivity index (χ1v) is 5.97. The molecular weight excluding hydrogens is 212 g/mol. The highest BCUT2D eigenvalue weighted by atomic mass is 16.5. The van der Waals surface area contributed by atoms with Gasteiger partial charge in [-0.2, -0.15) is 5.26 Å². The summed E-state index contributed by atoms with van der Waals surface area (Å²) < 4.78 is 5.70. The molecule has 3 heteroatoms. The second kappa shape index (κ2) is 4.29. The van der Waals surface area contributed by atoms with Crippen molar-refractivity contribution in [3.63, 3.8) is 0 Å². The van der Waals surface area contributed by atoms with Crippen LogP contribution in [0.3, 0.4) is 0 Å². The topological polar surface area (TPSA) is 36.3 Å². The minimum atomic E-state index is -0.391. The Balaban J connectivity index is 2.43. The number of ether oxygens (including phenoxy) is 1. The van der Waals surface area contributed by atoms with Gasteiger partial charge in [-0.15, -0.1) is 0 Å². The standard InChI is InChI=1S/C14H18N2O/c1-9(2)11-5-6-13-12(7-11)16(4)10(3)14(8-15)17-13/h5-7,9-10,14H,1-4H3. The van der Waals surface area contributed by atoms with Crippen LogP contribution in [0.25, 0.3) is 0 Å². The van der Waals surface area contributed by atoms with Gasteiger partial charge in [0.1, 0.15) is 11.8 Å². The van der Waals surface area contributed by atoms with E-state index in [9.17, 15) is 0 Å². The van der Waals surface area contributed by atoms with E-state index in [1.54, 1.807) is 0 Å². The molecule has 0 bridgehead atoms.